The van der Waals surface area contributed by atoms with Crippen molar-refractivity contribution in [2.24, 2.45) is 0 Å². The van der Waals surface area contributed by atoms with Gasteiger partial charge in [0.05, 0.1) is 17.6 Å². The van der Waals surface area contributed by atoms with E-state index < -0.39 is 21.4 Å². The molecule has 1 heterocycles. The van der Waals surface area contributed by atoms with Crippen LogP contribution in [0.5, 0.6) is 11.5 Å². The first-order chi connectivity index (χ1) is 10.1. The van der Waals surface area contributed by atoms with Gasteiger partial charge in [-0.3, -0.25) is 4.98 Å². The summed E-state index contributed by atoms with van der Waals surface area (Å²) in [6, 6.07) is 2.28. The van der Waals surface area contributed by atoms with Gasteiger partial charge in [0.25, 0.3) is 0 Å². The first kappa shape index (κ1) is 16.6. The van der Waals surface area contributed by atoms with Crippen LogP contribution in [0.3, 0.4) is 0 Å². The smallest absolute Gasteiger partial charge is 0.493 e. The molecule has 1 aromatic heterocycles. The van der Waals surface area contributed by atoms with E-state index in [0.29, 0.717) is 16.0 Å². The summed E-state index contributed by atoms with van der Waals surface area (Å²) >= 11 is 6.08. The highest BCUT2D eigenvalue weighted by Gasteiger charge is 2.49. The molecule has 2 rings (SSSR count). The van der Waals surface area contributed by atoms with Crippen molar-refractivity contribution >= 4 is 32.6 Å². The zero-order valence-corrected chi connectivity index (χ0v) is 12.8. The topological polar surface area (TPSA) is 65.5 Å². The fraction of sp³-hybridized carbons (Fsp3) is 0.250. The number of benzene rings is 1. The van der Waals surface area contributed by atoms with Crippen molar-refractivity contribution in [2.45, 2.75) is 12.4 Å². The van der Waals surface area contributed by atoms with Gasteiger partial charge in [-0.1, -0.05) is 11.6 Å². The van der Waals surface area contributed by atoms with E-state index in [4.69, 9.17) is 16.3 Å². The quantitative estimate of drug-likeness (QED) is 0.623. The number of nitrogens with zero attached hydrogens (tertiary/aromatic N) is 1. The summed E-state index contributed by atoms with van der Waals surface area (Å²) in [6.45, 7) is 1.69. The third-order valence-electron chi connectivity index (χ3n) is 2.74. The lowest BCUT2D eigenvalue weighted by atomic mass is 10.1. The molecule has 0 aliphatic heterocycles. The Morgan fingerprint density at radius 3 is 2.41 bits per heavy atom. The SMILES string of the molecule is COc1cc2c(Cl)c(C)cnc2cc1OS(=O)(=O)C(F)(F)F. The highest BCUT2D eigenvalue weighted by atomic mass is 35.5. The summed E-state index contributed by atoms with van der Waals surface area (Å²) in [7, 11) is -4.65. The number of methoxy groups -OCH3 is 1. The molecule has 120 valence electrons. The van der Waals surface area contributed by atoms with Gasteiger partial charge in [0.2, 0.25) is 0 Å². The van der Waals surface area contributed by atoms with Gasteiger partial charge in [-0.25, -0.2) is 0 Å². The molecule has 22 heavy (non-hydrogen) atoms. The van der Waals surface area contributed by atoms with Crippen LogP contribution in [-0.2, 0) is 10.1 Å². The van der Waals surface area contributed by atoms with E-state index in [0.717, 1.165) is 13.2 Å². The predicted molar refractivity (Wildman–Crippen MR) is 73.6 cm³/mol. The lowest BCUT2D eigenvalue weighted by Gasteiger charge is -2.13. The van der Waals surface area contributed by atoms with E-state index in [1.807, 2.05) is 0 Å². The molecule has 5 nitrogen and oxygen atoms in total. The Labute approximate surface area is 128 Å². The summed E-state index contributed by atoms with van der Waals surface area (Å²) in [5, 5.41) is 0.726. The average Bonchev–Trinajstić information content (AvgIpc) is 2.41. The Bertz CT molecular complexity index is 836. The minimum Gasteiger partial charge on any atom is -0.493 e. The van der Waals surface area contributed by atoms with Crippen LogP contribution in [0.25, 0.3) is 10.9 Å². The van der Waals surface area contributed by atoms with Gasteiger partial charge in [-0.15, -0.1) is 0 Å². The normalized spacial score (nSPS) is 12.5. The molecule has 10 heteroatoms. The second-order valence-corrected chi connectivity index (χ2v) is 6.17. The van der Waals surface area contributed by atoms with Crippen LogP contribution >= 0.6 is 11.6 Å². The van der Waals surface area contributed by atoms with E-state index in [-0.39, 0.29) is 11.3 Å². The second-order valence-electron chi connectivity index (χ2n) is 4.26. The van der Waals surface area contributed by atoms with Gasteiger partial charge in [0, 0.05) is 17.6 Å². The molecule has 0 spiro atoms. The standard InChI is InChI=1S/C12H9ClF3NO4S/c1-6-5-17-8-4-10(21-22(18,19)12(14,15)16)9(20-2)3-7(8)11(6)13/h3-5H,1-2H3. The number of halogens is 4. The Balaban J connectivity index is 2.63. The molecule has 2 aromatic rings. The van der Waals surface area contributed by atoms with E-state index in [1.54, 1.807) is 6.92 Å². The first-order valence-electron chi connectivity index (χ1n) is 5.70. The van der Waals surface area contributed by atoms with Gasteiger partial charge in [-0.2, -0.15) is 21.6 Å². The maximum atomic E-state index is 12.4. The summed E-state index contributed by atoms with van der Waals surface area (Å²) in [5.41, 5.74) is -4.73. The zero-order valence-electron chi connectivity index (χ0n) is 11.2. The first-order valence-corrected chi connectivity index (χ1v) is 7.49. The number of ether oxygens (including phenoxy) is 1. The Kier molecular flexibility index (Phi) is 4.14. The number of alkyl halides is 3. The van der Waals surface area contributed by atoms with Gasteiger partial charge >= 0.3 is 15.6 Å². The third-order valence-corrected chi connectivity index (χ3v) is 4.21. The lowest BCUT2D eigenvalue weighted by Crippen LogP contribution is -2.28. The van der Waals surface area contributed by atoms with E-state index >= 15 is 0 Å². The van der Waals surface area contributed by atoms with Gasteiger partial charge in [-0.05, 0) is 18.6 Å². The number of rotatable bonds is 3. The average molecular weight is 356 g/mol. The van der Waals surface area contributed by atoms with Crippen molar-refractivity contribution in [3.63, 3.8) is 0 Å². The van der Waals surface area contributed by atoms with Crippen LogP contribution in [0.15, 0.2) is 18.3 Å². The third kappa shape index (κ3) is 2.91. The summed E-state index contributed by atoms with van der Waals surface area (Å²) < 4.78 is 68.3. The maximum absolute atomic E-state index is 12.4. The summed E-state index contributed by atoms with van der Waals surface area (Å²) in [4.78, 5) is 3.97. The fourth-order valence-electron chi connectivity index (χ4n) is 1.66. The minimum absolute atomic E-state index is 0.170. The van der Waals surface area contributed by atoms with Crippen LogP contribution in [0.4, 0.5) is 13.2 Å². The molecule has 0 unspecified atom stereocenters. The number of aryl methyl sites for hydroxylation is 1. The van der Waals surface area contributed by atoms with Crippen LogP contribution < -0.4 is 8.92 Å². The molecule has 1 aromatic carbocycles. The van der Waals surface area contributed by atoms with Gasteiger partial charge in [0.15, 0.2) is 11.5 Å². The van der Waals surface area contributed by atoms with E-state index in [9.17, 15) is 21.6 Å². The van der Waals surface area contributed by atoms with Gasteiger partial charge < -0.3 is 8.92 Å². The monoisotopic (exact) mass is 355 g/mol. The highest BCUT2D eigenvalue weighted by Crippen LogP contribution is 2.38. The Morgan fingerprint density at radius 1 is 1.23 bits per heavy atom. The number of fused-ring (bicyclic) bond motifs is 1. The fourth-order valence-corrected chi connectivity index (χ4v) is 2.32. The summed E-state index contributed by atoms with van der Waals surface area (Å²) in [5.74, 6) is -0.839. The van der Waals surface area contributed by atoms with Crippen LogP contribution in [0, 0.1) is 6.92 Å². The Morgan fingerprint density at radius 2 is 1.86 bits per heavy atom. The van der Waals surface area contributed by atoms with Crippen LogP contribution in [0.1, 0.15) is 5.56 Å². The summed E-state index contributed by atoms with van der Waals surface area (Å²) in [6.07, 6.45) is 1.40. The van der Waals surface area contributed by atoms with Crippen LogP contribution in [0.2, 0.25) is 5.02 Å². The van der Waals surface area contributed by atoms with Crippen molar-refractivity contribution in [1.82, 2.24) is 4.98 Å². The van der Waals surface area contributed by atoms with E-state index in [1.165, 1.54) is 12.3 Å². The van der Waals surface area contributed by atoms with Crippen molar-refractivity contribution in [3.05, 3.63) is 28.9 Å². The molecule has 0 atom stereocenters. The minimum atomic E-state index is -5.81. The van der Waals surface area contributed by atoms with Crippen molar-refractivity contribution in [2.75, 3.05) is 7.11 Å². The molecule has 0 amide bonds. The van der Waals surface area contributed by atoms with Gasteiger partial charge in [0.1, 0.15) is 0 Å². The van der Waals surface area contributed by atoms with Crippen molar-refractivity contribution in [3.8, 4) is 11.5 Å². The number of aromatic nitrogens is 1. The number of hydrogen-bond donors (Lipinski definition) is 0. The highest BCUT2D eigenvalue weighted by molar-refractivity contribution is 7.88. The molecule has 0 aliphatic rings. The zero-order chi connectivity index (χ0) is 16.7. The van der Waals surface area contributed by atoms with Crippen LogP contribution in [-0.4, -0.2) is 26.0 Å². The van der Waals surface area contributed by atoms with Crippen molar-refractivity contribution < 1.29 is 30.5 Å². The molecule has 0 fully saturated rings. The lowest BCUT2D eigenvalue weighted by molar-refractivity contribution is -0.0500. The molecule has 0 bridgehead atoms. The number of hydrogen-bond acceptors (Lipinski definition) is 5. The molecule has 0 saturated heterocycles. The van der Waals surface area contributed by atoms with E-state index in [2.05, 4.69) is 9.17 Å². The Hall–Kier alpha value is -1.74. The maximum Gasteiger partial charge on any atom is 0.534 e. The number of pyridine rings is 1. The van der Waals surface area contributed by atoms with Crippen molar-refractivity contribution in [1.29, 1.82) is 0 Å². The second kappa shape index (κ2) is 5.47. The predicted octanol–water partition coefficient (Wildman–Crippen LogP) is 3.43. The molecule has 0 N–H and O–H groups in total. The molecular formula is C12H9ClF3NO4S. The molecule has 0 radical (unpaired) electrons. The largest absolute Gasteiger partial charge is 0.534 e. The molecule has 0 aliphatic carbocycles. The molecule has 0 saturated carbocycles. The molecular weight excluding hydrogens is 347 g/mol.